The Morgan fingerprint density at radius 1 is 1.16 bits per heavy atom. The zero-order valence-corrected chi connectivity index (χ0v) is 12.2. The molecule has 0 unspecified atom stereocenters. The van der Waals surface area contributed by atoms with Crippen molar-refractivity contribution in [3.63, 3.8) is 0 Å². The lowest BCUT2D eigenvalue weighted by molar-refractivity contribution is 0.452. The van der Waals surface area contributed by atoms with Gasteiger partial charge in [0.05, 0.1) is 0 Å². The summed E-state index contributed by atoms with van der Waals surface area (Å²) in [6.45, 7) is 0.945. The first-order valence-corrected chi connectivity index (χ1v) is 8.34. The summed E-state index contributed by atoms with van der Waals surface area (Å²) in [5.41, 5.74) is 1.82. The van der Waals surface area contributed by atoms with Crippen molar-refractivity contribution < 1.29 is 0 Å². The highest BCUT2D eigenvalue weighted by Gasteiger charge is 2.39. The molecule has 1 spiro atoms. The monoisotopic (exact) mass is 274 g/mol. The molecule has 1 N–H and O–H groups in total. The number of aryl methyl sites for hydroxylation is 1. The van der Waals surface area contributed by atoms with E-state index in [4.69, 9.17) is 4.99 Å². The first kappa shape index (κ1) is 13.0. The minimum atomic E-state index is 0.406. The summed E-state index contributed by atoms with van der Waals surface area (Å²) >= 11 is 1.92. The fraction of sp³-hybridized carbons (Fsp3) is 0.562. The fourth-order valence-corrected chi connectivity index (χ4v) is 4.27. The van der Waals surface area contributed by atoms with Crippen LogP contribution in [0.4, 0.5) is 0 Å². The van der Waals surface area contributed by atoms with Crippen LogP contribution in [-0.4, -0.2) is 23.0 Å². The van der Waals surface area contributed by atoms with E-state index in [0.717, 1.165) is 19.4 Å². The predicted octanol–water partition coefficient (Wildman–Crippen LogP) is 3.62. The molecule has 3 rings (SSSR count). The van der Waals surface area contributed by atoms with Gasteiger partial charge in [0.1, 0.15) is 0 Å². The molecule has 2 fully saturated rings. The highest BCUT2D eigenvalue weighted by molar-refractivity contribution is 8.14. The maximum Gasteiger partial charge on any atom is 0.157 e. The largest absolute Gasteiger partial charge is 0.359 e. The molecule has 1 aromatic carbocycles. The van der Waals surface area contributed by atoms with Crippen LogP contribution in [0.25, 0.3) is 0 Å². The number of benzene rings is 1. The highest BCUT2D eigenvalue weighted by Crippen LogP contribution is 2.37. The van der Waals surface area contributed by atoms with Gasteiger partial charge in [-0.3, -0.25) is 4.99 Å². The van der Waals surface area contributed by atoms with E-state index in [0.29, 0.717) is 5.54 Å². The quantitative estimate of drug-likeness (QED) is 0.848. The molecule has 102 valence electrons. The van der Waals surface area contributed by atoms with Crippen LogP contribution in [0.3, 0.4) is 0 Å². The minimum Gasteiger partial charge on any atom is -0.359 e. The van der Waals surface area contributed by atoms with Crippen molar-refractivity contribution in [3.05, 3.63) is 35.9 Å². The summed E-state index contributed by atoms with van der Waals surface area (Å²) < 4.78 is 0. The SMILES string of the molecule is c1ccc(CCCN=C2NC3(CCCC3)CS2)cc1. The van der Waals surface area contributed by atoms with Crippen LogP contribution in [0.2, 0.25) is 0 Å². The van der Waals surface area contributed by atoms with E-state index in [2.05, 4.69) is 35.6 Å². The second kappa shape index (κ2) is 6.00. The second-order valence-electron chi connectivity index (χ2n) is 5.68. The number of thioether (sulfide) groups is 1. The number of nitrogens with zero attached hydrogens (tertiary/aromatic N) is 1. The van der Waals surface area contributed by atoms with Gasteiger partial charge in [0.15, 0.2) is 5.17 Å². The normalized spacial score (nSPS) is 23.1. The molecule has 0 atom stereocenters. The first-order chi connectivity index (χ1) is 9.36. The van der Waals surface area contributed by atoms with Crippen molar-refractivity contribution in [2.45, 2.75) is 44.1 Å². The molecule has 3 heteroatoms. The zero-order chi connectivity index (χ0) is 13.0. The van der Waals surface area contributed by atoms with E-state index >= 15 is 0 Å². The number of amidine groups is 1. The molecule has 0 aromatic heterocycles. The Morgan fingerprint density at radius 3 is 2.74 bits per heavy atom. The summed E-state index contributed by atoms with van der Waals surface area (Å²) in [6.07, 6.45) is 7.71. The Hall–Kier alpha value is -0.960. The highest BCUT2D eigenvalue weighted by atomic mass is 32.2. The third-order valence-electron chi connectivity index (χ3n) is 4.14. The number of hydrogen-bond donors (Lipinski definition) is 1. The number of rotatable bonds is 4. The summed E-state index contributed by atoms with van der Waals surface area (Å²) in [7, 11) is 0. The van der Waals surface area contributed by atoms with Crippen LogP contribution >= 0.6 is 11.8 Å². The zero-order valence-electron chi connectivity index (χ0n) is 11.4. The predicted molar refractivity (Wildman–Crippen MR) is 83.9 cm³/mol. The standard InChI is InChI=1S/C16H22N2S/c1-2-7-14(8-3-1)9-6-12-17-15-18-16(13-19-15)10-4-5-11-16/h1-3,7-8H,4-6,9-13H2,(H,17,18). The molecule has 0 bridgehead atoms. The van der Waals surface area contributed by atoms with Gasteiger partial charge in [0.2, 0.25) is 0 Å². The van der Waals surface area contributed by atoms with Gasteiger partial charge in [-0.25, -0.2) is 0 Å². The van der Waals surface area contributed by atoms with Crippen molar-refractivity contribution >= 4 is 16.9 Å². The van der Waals surface area contributed by atoms with E-state index < -0.39 is 0 Å². The average molecular weight is 274 g/mol. The van der Waals surface area contributed by atoms with Crippen LogP contribution < -0.4 is 5.32 Å². The summed E-state index contributed by atoms with van der Waals surface area (Å²) in [6, 6.07) is 10.7. The van der Waals surface area contributed by atoms with Crippen molar-refractivity contribution in [1.82, 2.24) is 5.32 Å². The molecule has 0 radical (unpaired) electrons. The number of hydrogen-bond acceptors (Lipinski definition) is 2. The molecule has 19 heavy (non-hydrogen) atoms. The Balaban J connectivity index is 1.43. The molecule has 1 saturated carbocycles. The van der Waals surface area contributed by atoms with Gasteiger partial charge in [-0.1, -0.05) is 54.9 Å². The van der Waals surface area contributed by atoms with Crippen LogP contribution in [-0.2, 0) is 6.42 Å². The van der Waals surface area contributed by atoms with E-state index in [-0.39, 0.29) is 0 Å². The maximum atomic E-state index is 4.73. The third-order valence-corrected chi connectivity index (χ3v) is 5.34. The summed E-state index contributed by atoms with van der Waals surface area (Å²) in [5, 5.41) is 4.87. The lowest BCUT2D eigenvalue weighted by Crippen LogP contribution is -2.40. The van der Waals surface area contributed by atoms with Crippen molar-refractivity contribution in [1.29, 1.82) is 0 Å². The van der Waals surface area contributed by atoms with Crippen LogP contribution in [0, 0.1) is 0 Å². The van der Waals surface area contributed by atoms with Gasteiger partial charge in [-0.15, -0.1) is 0 Å². The lowest BCUT2D eigenvalue weighted by Gasteiger charge is -2.21. The van der Waals surface area contributed by atoms with E-state index in [1.807, 2.05) is 11.8 Å². The smallest absolute Gasteiger partial charge is 0.157 e. The third kappa shape index (κ3) is 3.33. The van der Waals surface area contributed by atoms with Gasteiger partial charge in [0, 0.05) is 17.8 Å². The average Bonchev–Trinajstić information content (AvgIpc) is 3.07. The van der Waals surface area contributed by atoms with Crippen molar-refractivity contribution in [2.75, 3.05) is 12.3 Å². The number of aliphatic imine (C=N–C) groups is 1. The number of nitrogens with one attached hydrogen (secondary N) is 1. The van der Waals surface area contributed by atoms with Crippen molar-refractivity contribution in [3.8, 4) is 0 Å². The van der Waals surface area contributed by atoms with Gasteiger partial charge < -0.3 is 5.32 Å². The molecule has 0 amide bonds. The van der Waals surface area contributed by atoms with Crippen LogP contribution in [0.15, 0.2) is 35.3 Å². The van der Waals surface area contributed by atoms with Gasteiger partial charge in [-0.2, -0.15) is 0 Å². The molecule has 1 heterocycles. The van der Waals surface area contributed by atoms with Gasteiger partial charge in [0.25, 0.3) is 0 Å². The Bertz CT molecular complexity index is 435. The van der Waals surface area contributed by atoms with Gasteiger partial charge >= 0.3 is 0 Å². The summed E-state index contributed by atoms with van der Waals surface area (Å²) in [4.78, 5) is 4.73. The summed E-state index contributed by atoms with van der Waals surface area (Å²) in [5.74, 6) is 1.23. The first-order valence-electron chi connectivity index (χ1n) is 7.36. The Labute approximate surface area is 120 Å². The second-order valence-corrected chi connectivity index (χ2v) is 6.64. The maximum absolute atomic E-state index is 4.73. The van der Waals surface area contributed by atoms with Crippen LogP contribution in [0.5, 0.6) is 0 Å². The Morgan fingerprint density at radius 2 is 1.95 bits per heavy atom. The molecule has 2 aliphatic rings. The van der Waals surface area contributed by atoms with Crippen molar-refractivity contribution in [2.24, 2.45) is 4.99 Å². The molecular formula is C16H22N2S. The molecule has 1 saturated heterocycles. The van der Waals surface area contributed by atoms with E-state index in [1.165, 1.54) is 42.2 Å². The minimum absolute atomic E-state index is 0.406. The fourth-order valence-electron chi connectivity index (χ4n) is 3.02. The molecule has 1 aliphatic heterocycles. The molecular weight excluding hydrogens is 252 g/mol. The Kier molecular flexibility index (Phi) is 4.12. The molecule has 1 aliphatic carbocycles. The topological polar surface area (TPSA) is 24.4 Å². The molecule has 1 aromatic rings. The van der Waals surface area contributed by atoms with Gasteiger partial charge in [-0.05, 0) is 31.2 Å². The van der Waals surface area contributed by atoms with E-state index in [1.54, 1.807) is 0 Å². The molecule has 2 nitrogen and oxygen atoms in total. The lowest BCUT2D eigenvalue weighted by atomic mass is 10.0. The van der Waals surface area contributed by atoms with E-state index in [9.17, 15) is 0 Å². The van der Waals surface area contributed by atoms with Crippen LogP contribution in [0.1, 0.15) is 37.7 Å².